The minimum atomic E-state index is -0.922. The summed E-state index contributed by atoms with van der Waals surface area (Å²) in [5.74, 6) is -0.898. The van der Waals surface area contributed by atoms with Gasteiger partial charge >= 0.3 is 5.97 Å². The van der Waals surface area contributed by atoms with Gasteiger partial charge in [0.2, 0.25) is 0 Å². The molecule has 0 saturated heterocycles. The van der Waals surface area contributed by atoms with Crippen molar-refractivity contribution in [2.24, 2.45) is 0 Å². The zero-order valence-electron chi connectivity index (χ0n) is 17.1. The largest absolute Gasteiger partial charge is 0.495 e. The van der Waals surface area contributed by atoms with Gasteiger partial charge in [0.15, 0.2) is 0 Å². The minimum Gasteiger partial charge on any atom is -0.495 e. The number of pyridine rings is 1. The normalized spacial score (nSPS) is 12.5. The molecule has 8 heteroatoms. The molecule has 0 saturated carbocycles. The SMILES string of the molecule is COCCC(C(=O)OC(C)(C)C)n1cc(OC)c(-c2cc(Cl)ccc2F)cc1=O. The Morgan fingerprint density at radius 2 is 1.90 bits per heavy atom. The number of esters is 1. The van der Waals surface area contributed by atoms with Gasteiger partial charge < -0.3 is 14.2 Å². The number of carbonyl (C=O) groups is 1. The average molecular weight is 426 g/mol. The monoisotopic (exact) mass is 425 g/mol. The first kappa shape index (κ1) is 22.9. The summed E-state index contributed by atoms with van der Waals surface area (Å²) >= 11 is 5.98. The molecule has 0 spiro atoms. The molecule has 158 valence electrons. The maximum Gasteiger partial charge on any atom is 0.329 e. The smallest absolute Gasteiger partial charge is 0.329 e. The molecular weight excluding hydrogens is 401 g/mol. The molecule has 1 heterocycles. The van der Waals surface area contributed by atoms with Gasteiger partial charge in [-0.25, -0.2) is 9.18 Å². The zero-order valence-corrected chi connectivity index (χ0v) is 17.9. The second-order valence-electron chi connectivity index (χ2n) is 7.46. The average Bonchev–Trinajstić information content (AvgIpc) is 2.63. The van der Waals surface area contributed by atoms with E-state index >= 15 is 0 Å². The van der Waals surface area contributed by atoms with Crippen LogP contribution < -0.4 is 10.3 Å². The van der Waals surface area contributed by atoms with Crippen molar-refractivity contribution >= 4 is 17.6 Å². The molecule has 1 aromatic carbocycles. The molecule has 2 aromatic rings. The van der Waals surface area contributed by atoms with E-state index in [0.717, 1.165) is 0 Å². The van der Waals surface area contributed by atoms with E-state index in [2.05, 4.69) is 0 Å². The molecule has 29 heavy (non-hydrogen) atoms. The number of benzene rings is 1. The Morgan fingerprint density at radius 1 is 1.21 bits per heavy atom. The van der Waals surface area contributed by atoms with Gasteiger partial charge in [-0.2, -0.15) is 0 Å². The lowest BCUT2D eigenvalue weighted by Crippen LogP contribution is -2.35. The fourth-order valence-corrected chi connectivity index (χ4v) is 2.99. The van der Waals surface area contributed by atoms with Crippen molar-refractivity contribution in [3.05, 3.63) is 51.7 Å². The predicted molar refractivity (Wildman–Crippen MR) is 109 cm³/mol. The number of ether oxygens (including phenoxy) is 3. The van der Waals surface area contributed by atoms with Crippen LogP contribution in [0.25, 0.3) is 11.1 Å². The topological polar surface area (TPSA) is 66.8 Å². The number of nitrogens with zero attached hydrogens (tertiary/aromatic N) is 1. The number of hydrogen-bond donors (Lipinski definition) is 0. The van der Waals surface area contributed by atoms with Crippen LogP contribution in [0.15, 0.2) is 35.3 Å². The molecule has 1 unspecified atom stereocenters. The molecule has 0 bridgehead atoms. The number of carbonyl (C=O) groups excluding carboxylic acids is 1. The van der Waals surface area contributed by atoms with Crippen molar-refractivity contribution in [3.8, 4) is 16.9 Å². The van der Waals surface area contributed by atoms with Crippen molar-refractivity contribution in [2.75, 3.05) is 20.8 Å². The highest BCUT2D eigenvalue weighted by molar-refractivity contribution is 6.30. The van der Waals surface area contributed by atoms with E-state index in [9.17, 15) is 14.0 Å². The number of hydrogen-bond acceptors (Lipinski definition) is 5. The second kappa shape index (κ2) is 9.41. The van der Waals surface area contributed by atoms with Gasteiger partial charge in [0, 0.05) is 42.4 Å². The van der Waals surface area contributed by atoms with Crippen LogP contribution >= 0.6 is 11.6 Å². The third-order valence-corrected chi connectivity index (χ3v) is 4.33. The van der Waals surface area contributed by atoms with Gasteiger partial charge in [0.1, 0.15) is 23.2 Å². The fourth-order valence-electron chi connectivity index (χ4n) is 2.82. The summed E-state index contributed by atoms with van der Waals surface area (Å²) in [6.45, 7) is 5.47. The Balaban J connectivity index is 2.57. The van der Waals surface area contributed by atoms with Gasteiger partial charge in [-0.1, -0.05) is 11.6 Å². The summed E-state index contributed by atoms with van der Waals surface area (Å²) in [5, 5.41) is 0.319. The molecule has 0 fully saturated rings. The van der Waals surface area contributed by atoms with Gasteiger partial charge in [-0.15, -0.1) is 0 Å². The molecular formula is C21H25ClFNO5. The van der Waals surface area contributed by atoms with Crippen LogP contribution in [0.2, 0.25) is 5.02 Å². The zero-order chi connectivity index (χ0) is 21.8. The van der Waals surface area contributed by atoms with Crippen molar-refractivity contribution in [3.63, 3.8) is 0 Å². The number of halogens is 2. The van der Waals surface area contributed by atoms with Crippen LogP contribution in [0, 0.1) is 5.82 Å². The summed E-state index contributed by atoms with van der Waals surface area (Å²) in [6, 6.07) is 4.34. The van der Waals surface area contributed by atoms with E-state index in [1.165, 1.54) is 49.2 Å². The van der Waals surface area contributed by atoms with Crippen molar-refractivity contribution in [1.82, 2.24) is 4.57 Å². The number of aromatic nitrogens is 1. The highest BCUT2D eigenvalue weighted by Crippen LogP contribution is 2.33. The summed E-state index contributed by atoms with van der Waals surface area (Å²) in [6.07, 6.45) is 1.60. The van der Waals surface area contributed by atoms with E-state index in [1.54, 1.807) is 20.8 Å². The third kappa shape index (κ3) is 5.81. The minimum absolute atomic E-state index is 0.129. The maximum atomic E-state index is 14.3. The lowest BCUT2D eigenvalue weighted by molar-refractivity contribution is -0.159. The lowest BCUT2D eigenvalue weighted by Gasteiger charge is -2.25. The summed E-state index contributed by atoms with van der Waals surface area (Å²) in [4.78, 5) is 25.6. The van der Waals surface area contributed by atoms with E-state index in [0.29, 0.717) is 5.02 Å². The molecule has 0 N–H and O–H groups in total. The van der Waals surface area contributed by atoms with Crippen LogP contribution in [0.4, 0.5) is 4.39 Å². The lowest BCUT2D eigenvalue weighted by atomic mass is 10.0. The van der Waals surface area contributed by atoms with Crippen LogP contribution in [0.5, 0.6) is 5.75 Å². The molecule has 0 aliphatic rings. The maximum absolute atomic E-state index is 14.3. The highest BCUT2D eigenvalue weighted by atomic mass is 35.5. The van der Waals surface area contributed by atoms with E-state index in [-0.39, 0.29) is 29.9 Å². The van der Waals surface area contributed by atoms with Crippen LogP contribution in [0.1, 0.15) is 33.2 Å². The van der Waals surface area contributed by atoms with Crippen molar-refractivity contribution < 1.29 is 23.4 Å². The first-order valence-corrected chi connectivity index (χ1v) is 9.42. The predicted octanol–water partition coefficient (Wildman–Crippen LogP) is 4.24. The van der Waals surface area contributed by atoms with Gasteiger partial charge in [-0.3, -0.25) is 9.36 Å². The van der Waals surface area contributed by atoms with Crippen LogP contribution in [-0.2, 0) is 14.3 Å². The van der Waals surface area contributed by atoms with Crippen molar-refractivity contribution in [2.45, 2.75) is 38.8 Å². The Morgan fingerprint density at radius 3 is 2.48 bits per heavy atom. The Hall–Kier alpha value is -2.38. The molecule has 1 atom stereocenters. The second-order valence-corrected chi connectivity index (χ2v) is 7.89. The third-order valence-electron chi connectivity index (χ3n) is 4.09. The summed E-state index contributed by atoms with van der Waals surface area (Å²) in [7, 11) is 2.90. The number of rotatable bonds is 7. The van der Waals surface area contributed by atoms with Crippen LogP contribution in [0.3, 0.4) is 0 Å². The Bertz CT molecular complexity index is 936. The first-order valence-electron chi connectivity index (χ1n) is 9.04. The molecule has 0 amide bonds. The fraction of sp³-hybridized carbons (Fsp3) is 0.429. The number of methoxy groups -OCH3 is 2. The molecule has 0 aliphatic carbocycles. The molecule has 2 rings (SSSR count). The van der Waals surface area contributed by atoms with Crippen LogP contribution in [-0.4, -0.2) is 37.0 Å². The molecule has 0 aliphatic heterocycles. The molecule has 6 nitrogen and oxygen atoms in total. The molecule has 1 aromatic heterocycles. The molecule has 0 radical (unpaired) electrons. The van der Waals surface area contributed by atoms with Gasteiger partial charge in [0.05, 0.1) is 13.3 Å². The van der Waals surface area contributed by atoms with E-state index < -0.39 is 29.0 Å². The van der Waals surface area contributed by atoms with E-state index in [4.69, 9.17) is 25.8 Å². The van der Waals surface area contributed by atoms with Crippen molar-refractivity contribution in [1.29, 1.82) is 0 Å². The van der Waals surface area contributed by atoms with Gasteiger partial charge in [0.25, 0.3) is 5.56 Å². The summed E-state index contributed by atoms with van der Waals surface area (Å²) < 4.78 is 31.5. The highest BCUT2D eigenvalue weighted by Gasteiger charge is 2.28. The summed E-state index contributed by atoms with van der Waals surface area (Å²) in [5.41, 5.74) is -0.861. The first-order chi connectivity index (χ1) is 13.6. The Kier molecular flexibility index (Phi) is 7.43. The van der Waals surface area contributed by atoms with Gasteiger partial charge in [-0.05, 0) is 39.0 Å². The quantitative estimate of drug-likeness (QED) is 0.621. The standard InChI is InChI=1S/C21H25ClFNO5/c1-21(2,3)29-20(26)17(8-9-27-4)24-12-18(28-5)15(11-19(24)25)14-10-13(22)6-7-16(14)23/h6-7,10-12,17H,8-9H2,1-5H3. The van der Waals surface area contributed by atoms with E-state index in [1.807, 2.05) is 0 Å². The Labute approximate surface area is 174 Å².